The fourth-order valence-corrected chi connectivity index (χ4v) is 2.84. The van der Waals surface area contributed by atoms with Crippen LogP contribution in [-0.2, 0) is 0 Å². The summed E-state index contributed by atoms with van der Waals surface area (Å²) in [6.07, 6.45) is 0. The minimum atomic E-state index is -0.801. The van der Waals surface area contributed by atoms with Gasteiger partial charge in [-0.2, -0.15) is 5.26 Å². The van der Waals surface area contributed by atoms with E-state index in [1.165, 1.54) is 12.1 Å². The molecule has 22 heavy (non-hydrogen) atoms. The van der Waals surface area contributed by atoms with Crippen LogP contribution < -0.4 is 4.74 Å². The Labute approximate surface area is 127 Å². The molecule has 0 spiro atoms. The highest BCUT2D eigenvalue weighted by Crippen LogP contribution is 2.44. The van der Waals surface area contributed by atoms with Crippen molar-refractivity contribution >= 4 is 5.90 Å². The second kappa shape index (κ2) is 5.26. The highest BCUT2D eigenvalue weighted by molar-refractivity contribution is 5.84. The second-order valence-corrected chi connectivity index (χ2v) is 5.62. The Balaban J connectivity index is 2.23. The van der Waals surface area contributed by atoms with Crippen LogP contribution in [0.2, 0.25) is 0 Å². The molecular weight excluding hydrogens is 283 g/mol. The number of aromatic amines is 1. The topological polar surface area (TPSA) is 85.5 Å². The summed E-state index contributed by atoms with van der Waals surface area (Å²) in [5, 5.41) is 24.4. The van der Waals surface area contributed by atoms with Crippen LogP contribution >= 0.6 is 0 Å². The van der Waals surface area contributed by atoms with E-state index in [0.717, 1.165) is 11.3 Å². The summed E-state index contributed by atoms with van der Waals surface area (Å²) in [6.45, 7) is 4.00. The molecule has 2 N–H and O–H groups in total. The van der Waals surface area contributed by atoms with Crippen LogP contribution in [0.15, 0.2) is 24.3 Å². The fraction of sp³-hybridized carbons (Fsp3) is 0.312. The van der Waals surface area contributed by atoms with E-state index in [-0.39, 0.29) is 17.6 Å². The first-order valence-electron chi connectivity index (χ1n) is 7.02. The minimum Gasteiger partial charge on any atom is -0.422 e. The predicted octanol–water partition coefficient (Wildman–Crippen LogP) is 3.31. The zero-order valence-electron chi connectivity index (χ0n) is 12.2. The Morgan fingerprint density at radius 3 is 2.86 bits per heavy atom. The molecule has 6 heteroatoms. The number of ether oxygens (including phenoxy) is 1. The second-order valence-electron chi connectivity index (χ2n) is 5.62. The van der Waals surface area contributed by atoms with Gasteiger partial charge in [0.2, 0.25) is 11.8 Å². The van der Waals surface area contributed by atoms with Crippen molar-refractivity contribution < 1.29 is 9.13 Å². The average Bonchev–Trinajstić information content (AvgIpc) is 2.89. The molecule has 3 rings (SSSR count). The van der Waals surface area contributed by atoms with Gasteiger partial charge in [-0.05, 0) is 23.6 Å². The summed E-state index contributed by atoms with van der Waals surface area (Å²) in [6, 6.07) is 8.22. The number of halogens is 1. The normalized spacial score (nSPS) is 20.4. The van der Waals surface area contributed by atoms with Gasteiger partial charge in [-0.15, -0.1) is 5.10 Å². The molecule has 112 valence electrons. The van der Waals surface area contributed by atoms with Crippen molar-refractivity contribution in [3.8, 4) is 11.9 Å². The molecule has 0 radical (unpaired) electrons. The van der Waals surface area contributed by atoms with E-state index in [1.807, 2.05) is 13.8 Å². The average molecular weight is 298 g/mol. The van der Waals surface area contributed by atoms with E-state index in [0.29, 0.717) is 11.4 Å². The SMILES string of the molecule is CC(C)c1[nH]nc2c1C(c1cccc(F)c1)C(C#N)C(=N)O2. The van der Waals surface area contributed by atoms with Gasteiger partial charge in [0, 0.05) is 17.2 Å². The van der Waals surface area contributed by atoms with Crippen LogP contribution in [0.5, 0.6) is 5.88 Å². The van der Waals surface area contributed by atoms with Gasteiger partial charge >= 0.3 is 0 Å². The number of hydrogen-bond donors (Lipinski definition) is 2. The summed E-state index contributed by atoms with van der Waals surface area (Å²) in [4.78, 5) is 0. The lowest BCUT2D eigenvalue weighted by Crippen LogP contribution is -2.31. The van der Waals surface area contributed by atoms with Crippen LogP contribution in [0.1, 0.15) is 42.5 Å². The Morgan fingerprint density at radius 1 is 1.45 bits per heavy atom. The molecule has 1 aliphatic heterocycles. The molecule has 2 unspecified atom stereocenters. The molecule has 0 fully saturated rings. The summed E-state index contributed by atoms with van der Waals surface area (Å²) in [5.41, 5.74) is 2.23. The van der Waals surface area contributed by atoms with Gasteiger partial charge in [0.1, 0.15) is 11.7 Å². The van der Waals surface area contributed by atoms with Crippen molar-refractivity contribution in [2.45, 2.75) is 25.7 Å². The smallest absolute Gasteiger partial charge is 0.243 e. The summed E-state index contributed by atoms with van der Waals surface area (Å²) < 4.78 is 19.0. The quantitative estimate of drug-likeness (QED) is 0.891. The molecule has 0 saturated carbocycles. The molecule has 0 amide bonds. The molecule has 5 nitrogen and oxygen atoms in total. The third kappa shape index (κ3) is 2.15. The number of H-pyrrole nitrogens is 1. The molecule has 2 aromatic rings. The highest BCUT2D eigenvalue weighted by atomic mass is 19.1. The number of nitrogens with one attached hydrogen (secondary N) is 2. The molecule has 0 aliphatic carbocycles. The van der Waals surface area contributed by atoms with Gasteiger partial charge < -0.3 is 4.74 Å². The highest BCUT2D eigenvalue weighted by Gasteiger charge is 2.40. The van der Waals surface area contributed by atoms with Crippen molar-refractivity contribution in [3.05, 3.63) is 46.9 Å². The van der Waals surface area contributed by atoms with E-state index in [1.54, 1.807) is 12.1 Å². The number of aromatic nitrogens is 2. The van der Waals surface area contributed by atoms with E-state index in [2.05, 4.69) is 16.3 Å². The zero-order valence-corrected chi connectivity index (χ0v) is 12.2. The van der Waals surface area contributed by atoms with Crippen LogP contribution in [-0.4, -0.2) is 16.1 Å². The lowest BCUT2D eigenvalue weighted by Gasteiger charge is -2.28. The predicted molar refractivity (Wildman–Crippen MR) is 78.4 cm³/mol. The van der Waals surface area contributed by atoms with Crippen molar-refractivity contribution in [3.63, 3.8) is 0 Å². The summed E-state index contributed by atoms with van der Waals surface area (Å²) in [7, 11) is 0. The van der Waals surface area contributed by atoms with E-state index < -0.39 is 11.8 Å². The molecule has 2 atom stereocenters. The van der Waals surface area contributed by atoms with Crippen molar-refractivity contribution in [2.75, 3.05) is 0 Å². The molecule has 2 heterocycles. The number of benzene rings is 1. The number of rotatable bonds is 2. The first kappa shape index (κ1) is 14.3. The maximum absolute atomic E-state index is 13.6. The van der Waals surface area contributed by atoms with E-state index in [9.17, 15) is 9.65 Å². The van der Waals surface area contributed by atoms with Gasteiger partial charge in [0.25, 0.3) is 0 Å². The van der Waals surface area contributed by atoms with Gasteiger partial charge in [-0.25, -0.2) is 4.39 Å². The number of fused-ring (bicyclic) bond motifs is 1. The molecule has 1 aliphatic rings. The Bertz CT molecular complexity index is 775. The molecule has 0 bridgehead atoms. The molecular formula is C16H15FN4O. The minimum absolute atomic E-state index is 0.141. The van der Waals surface area contributed by atoms with Gasteiger partial charge in [0.15, 0.2) is 0 Å². The lowest BCUT2D eigenvalue weighted by molar-refractivity contribution is 0.435. The van der Waals surface area contributed by atoms with Crippen molar-refractivity contribution in [2.24, 2.45) is 5.92 Å². The molecule has 1 aromatic carbocycles. The lowest BCUT2D eigenvalue weighted by atomic mass is 9.78. The maximum atomic E-state index is 13.6. The Kier molecular flexibility index (Phi) is 3.41. The monoisotopic (exact) mass is 298 g/mol. The Hall–Kier alpha value is -2.68. The molecule has 0 saturated heterocycles. The third-order valence-electron chi connectivity index (χ3n) is 3.86. The van der Waals surface area contributed by atoms with Crippen LogP contribution in [0.4, 0.5) is 4.39 Å². The largest absolute Gasteiger partial charge is 0.422 e. The van der Waals surface area contributed by atoms with Crippen LogP contribution in [0.25, 0.3) is 0 Å². The zero-order chi connectivity index (χ0) is 15.9. The van der Waals surface area contributed by atoms with E-state index >= 15 is 0 Å². The van der Waals surface area contributed by atoms with Crippen molar-refractivity contribution in [1.29, 1.82) is 10.7 Å². The van der Waals surface area contributed by atoms with Gasteiger partial charge in [0.05, 0.1) is 6.07 Å². The summed E-state index contributed by atoms with van der Waals surface area (Å²) in [5.74, 6) is -1.36. The number of nitriles is 1. The Morgan fingerprint density at radius 2 is 2.23 bits per heavy atom. The standard InChI is InChI=1S/C16H15FN4O/c1-8(2)14-13-12(9-4-3-5-10(17)6-9)11(7-18)15(19)22-16(13)21-20-14/h3-6,8,11-12,19H,1-2H3,(H,20,21). The number of hydrogen-bond acceptors (Lipinski definition) is 4. The summed E-state index contributed by atoms with van der Waals surface area (Å²) >= 11 is 0. The first-order valence-corrected chi connectivity index (χ1v) is 7.02. The third-order valence-corrected chi connectivity index (χ3v) is 3.86. The van der Waals surface area contributed by atoms with Crippen LogP contribution in [0.3, 0.4) is 0 Å². The van der Waals surface area contributed by atoms with Crippen LogP contribution in [0, 0.1) is 28.5 Å². The first-order chi connectivity index (χ1) is 10.5. The molecule has 1 aromatic heterocycles. The maximum Gasteiger partial charge on any atom is 0.243 e. The van der Waals surface area contributed by atoms with Gasteiger partial charge in [-0.3, -0.25) is 10.5 Å². The van der Waals surface area contributed by atoms with E-state index in [4.69, 9.17) is 10.1 Å². The number of nitrogens with zero attached hydrogens (tertiary/aromatic N) is 2. The van der Waals surface area contributed by atoms with Crippen molar-refractivity contribution in [1.82, 2.24) is 10.2 Å². The fourth-order valence-electron chi connectivity index (χ4n) is 2.84. The van der Waals surface area contributed by atoms with Gasteiger partial charge in [-0.1, -0.05) is 26.0 Å².